The van der Waals surface area contributed by atoms with Gasteiger partial charge in [-0.25, -0.2) is 4.79 Å². The first-order valence-corrected chi connectivity index (χ1v) is 14.7. The van der Waals surface area contributed by atoms with Crippen LogP contribution in [-0.2, 0) is 4.74 Å². The van der Waals surface area contributed by atoms with Gasteiger partial charge in [0.25, 0.3) is 0 Å². The van der Waals surface area contributed by atoms with Crippen LogP contribution in [0.5, 0.6) is 0 Å². The van der Waals surface area contributed by atoms with E-state index < -0.39 is 0 Å². The van der Waals surface area contributed by atoms with E-state index in [0.717, 1.165) is 54.8 Å². The summed E-state index contributed by atoms with van der Waals surface area (Å²) in [6.07, 6.45) is 6.70. The normalized spacial score (nSPS) is 15.4. The first kappa shape index (κ1) is 27.5. The Morgan fingerprint density at radius 2 is 1.64 bits per heavy atom. The lowest BCUT2D eigenvalue weighted by Gasteiger charge is -2.31. The summed E-state index contributed by atoms with van der Waals surface area (Å²) in [6, 6.07) is 26.9. The van der Waals surface area contributed by atoms with Gasteiger partial charge < -0.3 is 15.0 Å². The van der Waals surface area contributed by atoms with Crippen LogP contribution in [0.2, 0.25) is 5.02 Å². The van der Waals surface area contributed by atoms with Crippen LogP contribution in [-0.4, -0.2) is 61.8 Å². The molecule has 2 aliphatic rings. The Morgan fingerprint density at radius 1 is 0.949 bits per heavy atom. The number of morpholine rings is 1. The average Bonchev–Trinajstić information content (AvgIpc) is 3.19. The summed E-state index contributed by atoms with van der Waals surface area (Å²) in [5.74, 6) is 0.203. The summed E-state index contributed by atoms with van der Waals surface area (Å²) in [6.45, 7) is 5.40. The van der Waals surface area contributed by atoms with Gasteiger partial charge >= 0.3 is 6.03 Å². The molecule has 0 unspecified atom stereocenters. The lowest BCUT2D eigenvalue weighted by atomic mass is 9.88. The molecular weight excluding hydrogens is 526 g/mol. The van der Waals surface area contributed by atoms with Crippen molar-refractivity contribution in [2.75, 3.05) is 45.9 Å². The predicted molar refractivity (Wildman–Crippen MR) is 161 cm³/mol. The van der Waals surface area contributed by atoms with Crippen molar-refractivity contribution in [3.8, 4) is 0 Å². The number of nitrogens with zero attached hydrogens (tertiary/aromatic N) is 2. The van der Waals surface area contributed by atoms with E-state index in [1.54, 1.807) is 0 Å². The molecule has 2 amide bonds. The van der Waals surface area contributed by atoms with Crippen LogP contribution in [0.15, 0.2) is 101 Å². The van der Waals surface area contributed by atoms with Crippen molar-refractivity contribution in [2.45, 2.75) is 17.2 Å². The zero-order chi connectivity index (χ0) is 26.9. The van der Waals surface area contributed by atoms with Gasteiger partial charge in [0, 0.05) is 54.1 Å². The SMILES string of the molecule is O=C(NC1=CC=Cc2c(Cl)cccc2S1)N(CCC(c1ccccc1)c1ccccc1)CCN1CCOCC1. The number of nitrogens with one attached hydrogen (secondary N) is 1. The summed E-state index contributed by atoms with van der Waals surface area (Å²) in [4.78, 5) is 19.1. The zero-order valence-electron chi connectivity index (χ0n) is 22.0. The van der Waals surface area contributed by atoms with Crippen molar-refractivity contribution in [2.24, 2.45) is 0 Å². The molecule has 39 heavy (non-hydrogen) atoms. The molecule has 0 atom stereocenters. The molecule has 3 aromatic rings. The molecule has 0 radical (unpaired) electrons. The average molecular weight is 560 g/mol. The monoisotopic (exact) mass is 559 g/mol. The van der Waals surface area contributed by atoms with Gasteiger partial charge in [0.05, 0.1) is 18.2 Å². The van der Waals surface area contributed by atoms with Crippen molar-refractivity contribution < 1.29 is 9.53 Å². The van der Waals surface area contributed by atoms with E-state index in [4.69, 9.17) is 16.3 Å². The van der Waals surface area contributed by atoms with Gasteiger partial charge in [-0.15, -0.1) is 0 Å². The van der Waals surface area contributed by atoms with E-state index in [9.17, 15) is 4.79 Å². The van der Waals surface area contributed by atoms with Crippen LogP contribution in [0.25, 0.3) is 6.08 Å². The minimum absolute atomic E-state index is 0.0826. The molecule has 2 aliphatic heterocycles. The molecule has 202 valence electrons. The van der Waals surface area contributed by atoms with Crippen molar-refractivity contribution in [1.82, 2.24) is 15.1 Å². The fourth-order valence-corrected chi connectivity index (χ4v) is 6.24. The number of halogens is 1. The number of carbonyl (C=O) groups is 1. The van der Waals surface area contributed by atoms with E-state index >= 15 is 0 Å². The van der Waals surface area contributed by atoms with Gasteiger partial charge in [0.2, 0.25) is 0 Å². The minimum atomic E-state index is -0.0826. The third kappa shape index (κ3) is 7.55. The maximum Gasteiger partial charge on any atom is 0.322 e. The van der Waals surface area contributed by atoms with Crippen LogP contribution >= 0.6 is 23.4 Å². The molecule has 1 N–H and O–H groups in total. The first-order chi connectivity index (χ1) is 19.2. The number of amides is 2. The van der Waals surface area contributed by atoms with Crippen LogP contribution in [0.4, 0.5) is 4.79 Å². The molecule has 1 saturated heterocycles. The lowest BCUT2D eigenvalue weighted by molar-refractivity contribution is 0.0349. The number of rotatable bonds is 9. The second-order valence-corrected chi connectivity index (χ2v) is 11.2. The Balaban J connectivity index is 1.31. The molecule has 2 heterocycles. The Bertz CT molecular complexity index is 1250. The van der Waals surface area contributed by atoms with Gasteiger partial charge in [-0.3, -0.25) is 4.90 Å². The van der Waals surface area contributed by atoms with Crippen LogP contribution in [0.1, 0.15) is 29.0 Å². The number of allylic oxidation sites excluding steroid dienone is 2. The highest BCUT2D eigenvalue weighted by Crippen LogP contribution is 2.35. The summed E-state index contributed by atoms with van der Waals surface area (Å²) in [5.41, 5.74) is 3.50. The second kappa shape index (κ2) is 13.9. The van der Waals surface area contributed by atoms with Gasteiger partial charge in [0.15, 0.2) is 0 Å². The van der Waals surface area contributed by atoms with Crippen molar-refractivity contribution in [3.63, 3.8) is 0 Å². The molecule has 0 saturated carbocycles. The highest BCUT2D eigenvalue weighted by atomic mass is 35.5. The number of fused-ring (bicyclic) bond motifs is 1. The number of thioether (sulfide) groups is 1. The van der Waals surface area contributed by atoms with E-state index in [2.05, 4.69) is 58.7 Å². The minimum Gasteiger partial charge on any atom is -0.379 e. The fourth-order valence-electron chi connectivity index (χ4n) is 4.99. The number of ether oxygens (including phenoxy) is 1. The van der Waals surface area contributed by atoms with E-state index in [0.29, 0.717) is 18.1 Å². The third-order valence-corrected chi connectivity index (χ3v) is 8.51. The Morgan fingerprint density at radius 3 is 2.33 bits per heavy atom. The molecule has 0 spiro atoms. The summed E-state index contributed by atoms with van der Waals surface area (Å²) >= 11 is 7.94. The third-order valence-electron chi connectivity index (χ3n) is 7.14. The van der Waals surface area contributed by atoms with E-state index in [1.807, 2.05) is 53.5 Å². The summed E-state index contributed by atoms with van der Waals surface area (Å²) in [7, 11) is 0. The van der Waals surface area contributed by atoms with Crippen LogP contribution in [0.3, 0.4) is 0 Å². The van der Waals surface area contributed by atoms with Crippen LogP contribution in [0, 0.1) is 0 Å². The standard InChI is InChI=1S/C32H34ClN3O2S/c33-29-14-8-15-30-28(29)13-7-16-31(39-30)34-32(37)36(20-19-35-21-23-38-24-22-35)18-17-27(25-9-3-1-4-10-25)26-11-5-2-6-12-26/h1-16,27H,17-24H2,(H,34,37). The molecule has 7 heteroatoms. The van der Waals surface area contributed by atoms with Crippen molar-refractivity contribution in [1.29, 1.82) is 0 Å². The number of hydrogen-bond acceptors (Lipinski definition) is 4. The van der Waals surface area contributed by atoms with Gasteiger partial charge in [-0.05, 0) is 35.8 Å². The molecule has 0 bridgehead atoms. The maximum atomic E-state index is 13.7. The van der Waals surface area contributed by atoms with Crippen LogP contribution < -0.4 is 5.32 Å². The lowest BCUT2D eigenvalue weighted by Crippen LogP contribution is -2.46. The van der Waals surface area contributed by atoms with E-state index in [1.165, 1.54) is 22.9 Å². The molecule has 5 nitrogen and oxygen atoms in total. The molecule has 0 aromatic heterocycles. The number of carbonyl (C=O) groups excluding carboxylic acids is 1. The van der Waals surface area contributed by atoms with E-state index in [-0.39, 0.29) is 11.9 Å². The molecule has 0 aliphatic carbocycles. The van der Waals surface area contributed by atoms with Crippen molar-refractivity contribution in [3.05, 3.63) is 118 Å². The maximum absolute atomic E-state index is 13.7. The topological polar surface area (TPSA) is 44.8 Å². The highest BCUT2D eigenvalue weighted by molar-refractivity contribution is 8.03. The molecule has 3 aromatic carbocycles. The Hall–Kier alpha value is -3.03. The summed E-state index contributed by atoms with van der Waals surface area (Å²) < 4.78 is 5.52. The first-order valence-electron chi connectivity index (χ1n) is 13.5. The molecule has 1 fully saturated rings. The number of hydrogen-bond donors (Lipinski definition) is 1. The second-order valence-electron chi connectivity index (χ2n) is 9.68. The number of benzene rings is 3. The Labute approximate surface area is 240 Å². The van der Waals surface area contributed by atoms with Crippen molar-refractivity contribution >= 4 is 35.5 Å². The van der Waals surface area contributed by atoms with Gasteiger partial charge in [-0.2, -0.15) is 0 Å². The molecular formula is C32H34ClN3O2S. The zero-order valence-corrected chi connectivity index (χ0v) is 23.5. The summed E-state index contributed by atoms with van der Waals surface area (Å²) in [5, 5.41) is 4.68. The Kier molecular flexibility index (Phi) is 9.78. The smallest absolute Gasteiger partial charge is 0.322 e. The largest absolute Gasteiger partial charge is 0.379 e. The van der Waals surface area contributed by atoms with Gasteiger partial charge in [0.1, 0.15) is 0 Å². The predicted octanol–water partition coefficient (Wildman–Crippen LogP) is 6.87. The fraction of sp³-hybridized carbons (Fsp3) is 0.281. The highest BCUT2D eigenvalue weighted by Gasteiger charge is 2.22. The number of urea groups is 1. The molecule has 5 rings (SSSR count). The van der Waals surface area contributed by atoms with Gasteiger partial charge in [-0.1, -0.05) is 102 Å². The quantitative estimate of drug-likeness (QED) is 0.311.